The van der Waals surface area contributed by atoms with Crippen LogP contribution in [0.1, 0.15) is 50.9 Å². The molecule has 0 aliphatic carbocycles. The van der Waals surface area contributed by atoms with Crippen LogP contribution in [0.2, 0.25) is 0 Å². The summed E-state index contributed by atoms with van der Waals surface area (Å²) in [6, 6.07) is 18.4. The molecule has 0 spiro atoms. The summed E-state index contributed by atoms with van der Waals surface area (Å²) in [5, 5.41) is 3.48. The minimum atomic E-state index is -5.03. The number of amides is 1. The zero-order valence-corrected chi connectivity index (χ0v) is 22.2. The largest absolute Gasteiger partial charge is 0.416 e. The number of carbonyl (C=O) groups is 1. The van der Waals surface area contributed by atoms with Gasteiger partial charge in [-0.2, -0.15) is 26.3 Å². The average Bonchev–Trinajstić information content (AvgIpc) is 2.92. The molecule has 10 heteroatoms. The summed E-state index contributed by atoms with van der Waals surface area (Å²) < 4.78 is 80.6. The quantitative estimate of drug-likeness (QED) is 0.311. The maximum absolute atomic E-state index is 13.4. The number of likely N-dealkylation sites (tertiary alicyclic amines) is 1. The van der Waals surface area contributed by atoms with E-state index in [1.54, 1.807) is 0 Å². The fourth-order valence-corrected chi connectivity index (χ4v) is 5.20. The van der Waals surface area contributed by atoms with Crippen LogP contribution in [0.25, 0.3) is 0 Å². The summed E-state index contributed by atoms with van der Waals surface area (Å²) in [5.41, 5.74) is -0.675. The first-order valence-electron chi connectivity index (χ1n) is 13.0. The van der Waals surface area contributed by atoms with Crippen molar-refractivity contribution in [1.29, 1.82) is 0 Å². The summed E-state index contributed by atoms with van der Waals surface area (Å²) in [7, 11) is 3.96. The fraction of sp³-hybridized carbons (Fsp3) is 0.367. The normalized spacial score (nSPS) is 18.2. The predicted molar refractivity (Wildman–Crippen MR) is 142 cm³/mol. The molecule has 1 aliphatic rings. The average molecular weight is 564 g/mol. The van der Waals surface area contributed by atoms with Crippen molar-refractivity contribution >= 4 is 11.6 Å². The second-order valence-corrected chi connectivity index (χ2v) is 10.3. The van der Waals surface area contributed by atoms with Crippen LogP contribution in [-0.2, 0) is 12.4 Å². The minimum Gasteiger partial charge on any atom is -0.384 e. The lowest BCUT2D eigenvalue weighted by atomic mass is 9.76. The smallest absolute Gasteiger partial charge is 0.384 e. The van der Waals surface area contributed by atoms with Gasteiger partial charge in [-0.25, -0.2) is 0 Å². The molecule has 4 rings (SSSR count). The highest BCUT2D eigenvalue weighted by Gasteiger charge is 2.39. The Morgan fingerprint density at radius 3 is 2.08 bits per heavy atom. The molecule has 0 bridgehead atoms. The number of nitrogens with one attached hydrogen (secondary N) is 1. The van der Waals surface area contributed by atoms with Gasteiger partial charge in [-0.15, -0.1) is 0 Å². The van der Waals surface area contributed by atoms with Crippen LogP contribution >= 0.6 is 0 Å². The van der Waals surface area contributed by atoms with Gasteiger partial charge in [0.15, 0.2) is 0 Å². The summed E-state index contributed by atoms with van der Waals surface area (Å²) >= 11 is 0. The Balaban J connectivity index is 1.67. The summed E-state index contributed by atoms with van der Waals surface area (Å²) in [6.45, 7) is 1.88. The predicted octanol–water partition coefficient (Wildman–Crippen LogP) is 7.11. The molecular weight excluding hydrogens is 532 g/mol. The lowest BCUT2D eigenvalue weighted by molar-refractivity contribution is -0.143. The number of likely N-dealkylation sites (N-methyl/N-ethyl adjacent to an activating group) is 1. The molecule has 0 radical (unpaired) electrons. The van der Waals surface area contributed by atoms with Crippen molar-refractivity contribution in [3.63, 3.8) is 0 Å². The highest BCUT2D eigenvalue weighted by molar-refractivity contribution is 5.95. The topological polar surface area (TPSA) is 35.6 Å². The molecule has 3 aromatic rings. The number of carbonyl (C=O) groups excluding carboxylic acids is 1. The molecule has 40 heavy (non-hydrogen) atoms. The second-order valence-electron chi connectivity index (χ2n) is 10.3. The van der Waals surface area contributed by atoms with E-state index >= 15 is 0 Å². The standard InChI is InChI=1S/C30H31F6N3O/c1-38(2)15-13-37-27-11-7-6-10-25(27)24-12-14-39(19-26(24)20-8-4-3-5-9-20)28(40)21-16-22(29(31,32)33)18-23(17-21)30(34,35)36/h3-11,16-18,24,26,37H,12-15,19H2,1-2H3/t24-,26+/m0/s1. The summed E-state index contributed by atoms with van der Waals surface area (Å²) in [5.74, 6) is -1.10. The molecule has 0 saturated carbocycles. The van der Waals surface area contributed by atoms with E-state index in [2.05, 4.69) is 10.2 Å². The molecular formula is C30H31F6N3O. The molecule has 3 aromatic carbocycles. The number of alkyl halides is 6. The van der Waals surface area contributed by atoms with Crippen LogP contribution in [0.5, 0.6) is 0 Å². The van der Waals surface area contributed by atoms with Crippen molar-refractivity contribution < 1.29 is 31.1 Å². The van der Waals surface area contributed by atoms with Crippen LogP contribution in [0.4, 0.5) is 32.0 Å². The van der Waals surface area contributed by atoms with Crippen LogP contribution in [-0.4, -0.2) is 56.0 Å². The zero-order valence-electron chi connectivity index (χ0n) is 22.2. The first-order chi connectivity index (χ1) is 18.8. The van der Waals surface area contributed by atoms with Crippen molar-refractivity contribution in [2.45, 2.75) is 30.6 Å². The zero-order chi connectivity index (χ0) is 29.1. The highest BCUT2D eigenvalue weighted by Crippen LogP contribution is 2.43. The molecule has 1 amide bonds. The van der Waals surface area contributed by atoms with Crippen molar-refractivity contribution in [1.82, 2.24) is 9.80 Å². The third-order valence-electron chi connectivity index (χ3n) is 7.20. The van der Waals surface area contributed by atoms with Gasteiger partial charge in [-0.1, -0.05) is 48.5 Å². The fourth-order valence-electron chi connectivity index (χ4n) is 5.20. The molecule has 1 saturated heterocycles. The Morgan fingerprint density at radius 1 is 0.875 bits per heavy atom. The first kappa shape index (κ1) is 29.5. The Labute approximate surface area is 229 Å². The van der Waals surface area contributed by atoms with Gasteiger partial charge in [-0.05, 0) is 61.8 Å². The molecule has 1 N–H and O–H groups in total. The lowest BCUT2D eigenvalue weighted by Crippen LogP contribution is -2.42. The Kier molecular flexibility index (Phi) is 8.77. The van der Waals surface area contributed by atoms with E-state index in [1.807, 2.05) is 68.7 Å². The minimum absolute atomic E-state index is 0.0262. The van der Waals surface area contributed by atoms with Gasteiger partial charge in [-0.3, -0.25) is 4.79 Å². The Hall–Kier alpha value is -3.53. The highest BCUT2D eigenvalue weighted by atomic mass is 19.4. The summed E-state index contributed by atoms with van der Waals surface area (Å²) in [4.78, 5) is 16.9. The lowest BCUT2D eigenvalue weighted by Gasteiger charge is -2.40. The molecule has 0 unspecified atom stereocenters. The van der Waals surface area contributed by atoms with Gasteiger partial charge in [0.25, 0.3) is 5.91 Å². The SMILES string of the molecule is CN(C)CCNc1ccccc1[C@@H]1CCN(C(=O)c2cc(C(F)(F)F)cc(C(F)(F)F)c2)C[C@@H]1c1ccccc1. The van der Waals surface area contributed by atoms with Crippen molar-refractivity contribution in [3.05, 3.63) is 101 Å². The van der Waals surface area contributed by atoms with Crippen molar-refractivity contribution in [3.8, 4) is 0 Å². The van der Waals surface area contributed by atoms with Crippen LogP contribution < -0.4 is 5.32 Å². The van der Waals surface area contributed by atoms with Crippen molar-refractivity contribution in [2.75, 3.05) is 45.6 Å². The molecule has 1 fully saturated rings. The number of halogens is 6. The maximum atomic E-state index is 13.4. The van der Waals surface area contributed by atoms with E-state index in [0.29, 0.717) is 25.1 Å². The number of rotatable bonds is 7. The van der Waals surface area contributed by atoms with Gasteiger partial charge in [0.05, 0.1) is 11.1 Å². The third-order valence-corrected chi connectivity index (χ3v) is 7.20. The van der Waals surface area contributed by atoms with E-state index in [-0.39, 0.29) is 31.0 Å². The third kappa shape index (κ3) is 6.96. The number of anilines is 1. The maximum Gasteiger partial charge on any atom is 0.416 e. The number of hydrogen-bond donors (Lipinski definition) is 1. The van der Waals surface area contributed by atoms with Gasteiger partial charge in [0, 0.05) is 43.3 Å². The molecule has 1 aliphatic heterocycles. The van der Waals surface area contributed by atoms with Crippen LogP contribution in [0, 0.1) is 0 Å². The number of piperidine rings is 1. The van der Waals surface area contributed by atoms with Gasteiger partial charge in [0.2, 0.25) is 0 Å². The molecule has 4 nitrogen and oxygen atoms in total. The van der Waals surface area contributed by atoms with Crippen molar-refractivity contribution in [2.24, 2.45) is 0 Å². The van der Waals surface area contributed by atoms with E-state index in [4.69, 9.17) is 0 Å². The number of benzene rings is 3. The second kappa shape index (κ2) is 11.9. The monoisotopic (exact) mass is 563 g/mol. The first-order valence-corrected chi connectivity index (χ1v) is 13.0. The Morgan fingerprint density at radius 2 is 1.48 bits per heavy atom. The molecule has 0 aromatic heterocycles. The number of para-hydroxylation sites is 1. The van der Waals surface area contributed by atoms with Gasteiger partial charge < -0.3 is 15.1 Å². The van der Waals surface area contributed by atoms with E-state index in [0.717, 1.165) is 23.4 Å². The van der Waals surface area contributed by atoms with E-state index in [9.17, 15) is 31.1 Å². The Bertz CT molecular complexity index is 1270. The number of nitrogens with zero attached hydrogens (tertiary/aromatic N) is 2. The van der Waals surface area contributed by atoms with Crippen LogP contribution in [0.3, 0.4) is 0 Å². The molecule has 214 valence electrons. The van der Waals surface area contributed by atoms with E-state index < -0.39 is 35.0 Å². The molecule has 2 atom stereocenters. The van der Waals surface area contributed by atoms with E-state index in [1.165, 1.54) is 4.90 Å². The van der Waals surface area contributed by atoms with Gasteiger partial charge in [0.1, 0.15) is 0 Å². The summed E-state index contributed by atoms with van der Waals surface area (Å²) in [6.07, 6.45) is -9.57. The molecule has 1 heterocycles. The van der Waals surface area contributed by atoms with Crippen LogP contribution in [0.15, 0.2) is 72.8 Å². The number of hydrogen-bond acceptors (Lipinski definition) is 3. The van der Waals surface area contributed by atoms with Gasteiger partial charge >= 0.3 is 12.4 Å².